The summed E-state index contributed by atoms with van der Waals surface area (Å²) in [5.41, 5.74) is 1.91. The second kappa shape index (κ2) is 7.23. The van der Waals surface area contributed by atoms with Crippen molar-refractivity contribution in [3.05, 3.63) is 29.8 Å². The molecule has 1 aromatic carbocycles. The van der Waals surface area contributed by atoms with Gasteiger partial charge in [0.25, 0.3) is 0 Å². The fourth-order valence-electron chi connectivity index (χ4n) is 3.47. The third-order valence-corrected chi connectivity index (χ3v) is 7.59. The largest absolute Gasteiger partial charge is 0.335 e. The Balaban J connectivity index is 1.47. The van der Waals surface area contributed by atoms with Gasteiger partial charge in [-0.2, -0.15) is 4.68 Å². The van der Waals surface area contributed by atoms with E-state index in [4.69, 9.17) is 0 Å². The van der Waals surface area contributed by atoms with Crippen LogP contribution >= 0.6 is 11.8 Å². The van der Waals surface area contributed by atoms with Crippen molar-refractivity contribution in [3.63, 3.8) is 0 Å². The van der Waals surface area contributed by atoms with Gasteiger partial charge in [0.2, 0.25) is 11.1 Å². The van der Waals surface area contributed by atoms with Gasteiger partial charge in [0.1, 0.15) is 0 Å². The number of nitrogens with zero attached hydrogens (tertiary/aromatic N) is 5. The SMILES string of the molecule is Cc1ccccc1-n1nnnc1SCC(=O)N(C1CC1)[C@@H]1CCS(=O)(=O)C1. The fraction of sp³-hybridized carbons (Fsp3) is 0.529. The van der Waals surface area contributed by atoms with E-state index in [2.05, 4.69) is 15.5 Å². The van der Waals surface area contributed by atoms with E-state index in [1.807, 2.05) is 31.2 Å². The van der Waals surface area contributed by atoms with Crippen LogP contribution in [0.1, 0.15) is 24.8 Å². The molecule has 27 heavy (non-hydrogen) atoms. The van der Waals surface area contributed by atoms with E-state index in [0.29, 0.717) is 11.6 Å². The van der Waals surface area contributed by atoms with E-state index in [9.17, 15) is 13.2 Å². The molecule has 1 atom stereocenters. The topological polar surface area (TPSA) is 98.1 Å². The predicted octanol–water partition coefficient (Wildman–Crippen LogP) is 1.24. The highest BCUT2D eigenvalue weighted by atomic mass is 32.2. The number of aromatic nitrogens is 4. The van der Waals surface area contributed by atoms with Gasteiger partial charge in [-0.15, -0.1) is 5.10 Å². The van der Waals surface area contributed by atoms with Crippen molar-refractivity contribution < 1.29 is 13.2 Å². The maximum Gasteiger partial charge on any atom is 0.233 e. The number of hydrogen-bond acceptors (Lipinski definition) is 7. The molecule has 4 rings (SSSR count). The standard InChI is InChI=1S/C17H21N5O3S2/c1-12-4-2-3-5-15(12)22-17(18-19-20-22)26-10-16(23)21(13-6-7-13)14-8-9-27(24,25)11-14/h2-5,13-14H,6-11H2,1H3/t14-/m1/s1. The molecule has 2 aromatic rings. The number of sulfone groups is 1. The molecule has 0 spiro atoms. The van der Waals surface area contributed by atoms with Crippen LogP contribution in [0.5, 0.6) is 0 Å². The normalized spacial score (nSPS) is 21.3. The van der Waals surface area contributed by atoms with Gasteiger partial charge < -0.3 is 4.90 Å². The van der Waals surface area contributed by atoms with Gasteiger partial charge in [-0.1, -0.05) is 30.0 Å². The number of aryl methyl sites for hydroxylation is 1. The Kier molecular flexibility index (Phi) is 4.94. The number of tetrazole rings is 1. The molecule has 1 aromatic heterocycles. The van der Waals surface area contributed by atoms with Gasteiger partial charge in [0.15, 0.2) is 9.84 Å². The zero-order chi connectivity index (χ0) is 19.0. The lowest BCUT2D eigenvalue weighted by Crippen LogP contribution is -2.43. The first-order chi connectivity index (χ1) is 12.9. The minimum atomic E-state index is -3.02. The number of hydrogen-bond donors (Lipinski definition) is 0. The molecule has 10 heteroatoms. The Morgan fingerprint density at radius 2 is 2.04 bits per heavy atom. The van der Waals surface area contributed by atoms with Crippen LogP contribution < -0.4 is 0 Å². The minimum Gasteiger partial charge on any atom is -0.335 e. The van der Waals surface area contributed by atoms with E-state index >= 15 is 0 Å². The minimum absolute atomic E-state index is 0.0380. The van der Waals surface area contributed by atoms with Gasteiger partial charge in [-0.05, 0) is 48.2 Å². The van der Waals surface area contributed by atoms with Crippen LogP contribution in [0, 0.1) is 6.92 Å². The summed E-state index contributed by atoms with van der Waals surface area (Å²) in [7, 11) is -3.02. The summed E-state index contributed by atoms with van der Waals surface area (Å²) >= 11 is 1.28. The molecular weight excluding hydrogens is 386 g/mol. The molecule has 2 fully saturated rings. The lowest BCUT2D eigenvalue weighted by atomic mass is 10.2. The molecule has 1 aliphatic carbocycles. The number of carbonyl (C=O) groups is 1. The summed E-state index contributed by atoms with van der Waals surface area (Å²) in [5, 5.41) is 12.4. The first-order valence-electron chi connectivity index (χ1n) is 8.93. The van der Waals surface area contributed by atoms with Crippen molar-refractivity contribution in [2.75, 3.05) is 17.3 Å². The third kappa shape index (κ3) is 4.01. The van der Waals surface area contributed by atoms with Crippen molar-refractivity contribution in [2.24, 2.45) is 0 Å². The number of benzene rings is 1. The van der Waals surface area contributed by atoms with Gasteiger partial charge in [0.05, 0.1) is 22.9 Å². The van der Waals surface area contributed by atoms with Gasteiger partial charge in [-0.25, -0.2) is 8.42 Å². The van der Waals surface area contributed by atoms with Crippen LogP contribution in [-0.4, -0.2) is 68.8 Å². The molecule has 0 N–H and O–H groups in total. The van der Waals surface area contributed by atoms with Crippen LogP contribution in [0.4, 0.5) is 0 Å². The smallest absolute Gasteiger partial charge is 0.233 e. The predicted molar refractivity (Wildman–Crippen MR) is 102 cm³/mol. The molecular formula is C17H21N5O3S2. The quantitative estimate of drug-likeness (QED) is 0.665. The highest BCUT2D eigenvalue weighted by molar-refractivity contribution is 7.99. The highest BCUT2D eigenvalue weighted by Crippen LogP contribution is 2.33. The summed E-state index contributed by atoms with van der Waals surface area (Å²) in [4.78, 5) is 14.7. The highest BCUT2D eigenvalue weighted by Gasteiger charge is 2.42. The second-order valence-electron chi connectivity index (χ2n) is 7.04. The van der Waals surface area contributed by atoms with Gasteiger partial charge in [-0.3, -0.25) is 4.79 Å². The van der Waals surface area contributed by atoms with E-state index in [-0.39, 0.29) is 35.2 Å². The monoisotopic (exact) mass is 407 g/mol. The van der Waals surface area contributed by atoms with E-state index in [1.54, 1.807) is 9.58 Å². The lowest BCUT2D eigenvalue weighted by molar-refractivity contribution is -0.130. The molecule has 2 heterocycles. The van der Waals surface area contributed by atoms with Crippen molar-refractivity contribution >= 4 is 27.5 Å². The zero-order valence-electron chi connectivity index (χ0n) is 15.0. The maximum absolute atomic E-state index is 12.9. The molecule has 0 unspecified atom stereocenters. The van der Waals surface area contributed by atoms with Crippen molar-refractivity contribution in [2.45, 2.75) is 43.4 Å². The molecule has 144 valence electrons. The van der Waals surface area contributed by atoms with Crippen LogP contribution in [-0.2, 0) is 14.6 Å². The molecule has 1 amide bonds. The molecule has 0 bridgehead atoms. The van der Waals surface area contributed by atoms with Crippen molar-refractivity contribution in [3.8, 4) is 5.69 Å². The van der Waals surface area contributed by atoms with Gasteiger partial charge in [0, 0.05) is 12.1 Å². The summed E-state index contributed by atoms with van der Waals surface area (Å²) < 4.78 is 25.3. The van der Waals surface area contributed by atoms with E-state index < -0.39 is 9.84 Å². The average Bonchev–Trinajstić information content (AvgIpc) is 3.23. The van der Waals surface area contributed by atoms with Crippen LogP contribution in [0.3, 0.4) is 0 Å². The Labute approximate surface area is 162 Å². The zero-order valence-corrected chi connectivity index (χ0v) is 16.6. The van der Waals surface area contributed by atoms with Crippen molar-refractivity contribution in [1.29, 1.82) is 0 Å². The summed E-state index contributed by atoms with van der Waals surface area (Å²) in [6.07, 6.45) is 2.44. The first kappa shape index (κ1) is 18.4. The first-order valence-corrected chi connectivity index (χ1v) is 11.7. The fourth-order valence-corrected chi connectivity index (χ4v) is 5.94. The van der Waals surface area contributed by atoms with Crippen LogP contribution in [0.2, 0.25) is 0 Å². The number of amides is 1. The van der Waals surface area contributed by atoms with Crippen LogP contribution in [0.15, 0.2) is 29.4 Å². The van der Waals surface area contributed by atoms with E-state index in [1.165, 1.54) is 11.8 Å². The molecule has 2 aliphatic rings. The molecule has 1 saturated heterocycles. The molecule has 8 nitrogen and oxygen atoms in total. The molecule has 1 aliphatic heterocycles. The van der Waals surface area contributed by atoms with E-state index in [0.717, 1.165) is 24.1 Å². The number of carbonyl (C=O) groups excluding carboxylic acids is 1. The third-order valence-electron chi connectivity index (χ3n) is 4.94. The Morgan fingerprint density at radius 3 is 2.70 bits per heavy atom. The Hall–Kier alpha value is -1.94. The van der Waals surface area contributed by atoms with Crippen molar-refractivity contribution in [1.82, 2.24) is 25.1 Å². The van der Waals surface area contributed by atoms with Crippen LogP contribution in [0.25, 0.3) is 5.69 Å². The Morgan fingerprint density at radius 1 is 1.26 bits per heavy atom. The number of thioether (sulfide) groups is 1. The maximum atomic E-state index is 12.9. The number of para-hydroxylation sites is 1. The summed E-state index contributed by atoms with van der Waals surface area (Å²) in [6.45, 7) is 1.98. The lowest BCUT2D eigenvalue weighted by Gasteiger charge is -2.28. The number of rotatable bonds is 6. The molecule has 0 radical (unpaired) electrons. The second-order valence-corrected chi connectivity index (χ2v) is 10.2. The van der Waals surface area contributed by atoms with Gasteiger partial charge >= 0.3 is 0 Å². The Bertz CT molecular complexity index is 955. The summed E-state index contributed by atoms with van der Waals surface area (Å²) in [6, 6.07) is 7.76. The summed E-state index contributed by atoms with van der Waals surface area (Å²) in [5.74, 6) is 0.413. The molecule has 1 saturated carbocycles. The average molecular weight is 408 g/mol.